The highest BCUT2D eigenvalue weighted by atomic mass is 19.4. The second-order valence-electron chi connectivity index (χ2n) is 4.56. The van der Waals surface area contributed by atoms with Crippen LogP contribution in [-0.4, -0.2) is 25.8 Å². The average molecular weight is 351 g/mol. The van der Waals surface area contributed by atoms with Gasteiger partial charge in [-0.1, -0.05) is 6.58 Å². The minimum atomic E-state index is -5.01. The van der Waals surface area contributed by atoms with Crippen LogP contribution in [0.5, 0.6) is 0 Å². The van der Waals surface area contributed by atoms with Gasteiger partial charge in [-0.15, -0.1) is 5.10 Å². The molecule has 128 valence electrons. The standard InChI is InChI=1S/C13H7F6N3O2/c1-6(11(23)24)22-5-20-10(21-22)7-2-8(12(14,15)16)4-9(3-7)13(17,18)19/h2-5H,1H2,(H,23,24). The lowest BCUT2D eigenvalue weighted by atomic mass is 10.0. The number of rotatable bonds is 3. The SMILES string of the molecule is C=C(C(=O)O)n1cnc(-c2cc(C(F)(F)F)cc(C(F)(F)F)c2)n1. The van der Waals surface area contributed by atoms with E-state index in [1.54, 1.807) is 0 Å². The molecule has 0 fully saturated rings. The van der Waals surface area contributed by atoms with Crippen molar-refractivity contribution in [2.24, 2.45) is 0 Å². The van der Waals surface area contributed by atoms with E-state index in [2.05, 4.69) is 16.7 Å². The van der Waals surface area contributed by atoms with Gasteiger partial charge in [0.25, 0.3) is 0 Å². The van der Waals surface area contributed by atoms with E-state index in [0.717, 1.165) is 6.33 Å². The smallest absolute Gasteiger partial charge is 0.416 e. The fourth-order valence-corrected chi connectivity index (χ4v) is 1.71. The third kappa shape index (κ3) is 3.55. The first kappa shape index (κ1) is 17.5. The molecule has 1 N–H and O–H groups in total. The van der Waals surface area contributed by atoms with Gasteiger partial charge in [0.05, 0.1) is 11.1 Å². The number of aromatic nitrogens is 3. The molecule has 0 bridgehead atoms. The third-order valence-corrected chi connectivity index (χ3v) is 2.86. The van der Waals surface area contributed by atoms with Crippen molar-refractivity contribution in [2.45, 2.75) is 12.4 Å². The van der Waals surface area contributed by atoms with Crippen LogP contribution in [0.3, 0.4) is 0 Å². The summed E-state index contributed by atoms with van der Waals surface area (Å²) in [6, 6.07) is 0.855. The number of carboxylic acids is 1. The summed E-state index contributed by atoms with van der Waals surface area (Å²) in [6.07, 6.45) is -9.20. The van der Waals surface area contributed by atoms with Gasteiger partial charge < -0.3 is 5.11 Å². The maximum atomic E-state index is 12.8. The van der Waals surface area contributed by atoms with Gasteiger partial charge in [0.15, 0.2) is 5.82 Å². The Balaban J connectivity index is 2.58. The van der Waals surface area contributed by atoms with Crippen LogP contribution in [0.25, 0.3) is 17.1 Å². The molecule has 2 rings (SSSR count). The minimum Gasteiger partial charge on any atom is -0.477 e. The molecule has 0 saturated carbocycles. The van der Waals surface area contributed by atoms with E-state index in [4.69, 9.17) is 5.11 Å². The molecule has 24 heavy (non-hydrogen) atoms. The van der Waals surface area contributed by atoms with Crippen LogP contribution in [0.4, 0.5) is 26.3 Å². The van der Waals surface area contributed by atoms with E-state index in [1.165, 1.54) is 0 Å². The number of benzene rings is 1. The summed E-state index contributed by atoms with van der Waals surface area (Å²) in [5, 5.41) is 12.3. The molecule has 2 aromatic rings. The molecule has 1 aromatic carbocycles. The number of alkyl halides is 6. The number of nitrogens with zero attached hydrogens (tertiary/aromatic N) is 3. The van der Waals surface area contributed by atoms with Crippen LogP contribution < -0.4 is 0 Å². The summed E-state index contributed by atoms with van der Waals surface area (Å²) in [6.45, 7) is 3.15. The molecule has 0 unspecified atom stereocenters. The number of carbonyl (C=O) groups is 1. The zero-order chi connectivity index (χ0) is 18.3. The van der Waals surface area contributed by atoms with Crippen molar-refractivity contribution in [2.75, 3.05) is 0 Å². The first-order chi connectivity index (χ1) is 10.9. The lowest BCUT2D eigenvalue weighted by Crippen LogP contribution is -2.11. The van der Waals surface area contributed by atoms with E-state index in [9.17, 15) is 31.1 Å². The maximum absolute atomic E-state index is 12.8. The van der Waals surface area contributed by atoms with Crippen LogP contribution in [0, 0.1) is 0 Å². The minimum absolute atomic E-state index is 0.0311. The second-order valence-corrected chi connectivity index (χ2v) is 4.56. The maximum Gasteiger partial charge on any atom is 0.416 e. The Hall–Kier alpha value is -2.85. The van der Waals surface area contributed by atoms with Crippen molar-refractivity contribution >= 4 is 11.7 Å². The highest BCUT2D eigenvalue weighted by Crippen LogP contribution is 2.38. The number of carboxylic acid groups (broad SMARTS) is 1. The molecule has 5 nitrogen and oxygen atoms in total. The number of hydrogen-bond acceptors (Lipinski definition) is 3. The fraction of sp³-hybridized carbons (Fsp3) is 0.154. The van der Waals surface area contributed by atoms with Gasteiger partial charge in [0.2, 0.25) is 0 Å². The second kappa shape index (κ2) is 5.65. The lowest BCUT2D eigenvalue weighted by molar-refractivity contribution is -0.143. The van der Waals surface area contributed by atoms with Gasteiger partial charge in [-0.2, -0.15) is 26.3 Å². The Kier molecular flexibility index (Phi) is 4.12. The molecular weight excluding hydrogens is 344 g/mol. The van der Waals surface area contributed by atoms with Gasteiger partial charge in [-0.25, -0.2) is 14.5 Å². The van der Waals surface area contributed by atoms with E-state index in [-0.39, 0.29) is 6.07 Å². The van der Waals surface area contributed by atoms with E-state index in [1.807, 2.05) is 0 Å². The molecule has 0 aliphatic rings. The number of aliphatic carboxylic acids is 1. The third-order valence-electron chi connectivity index (χ3n) is 2.86. The van der Waals surface area contributed by atoms with Gasteiger partial charge in [0.1, 0.15) is 12.0 Å². The molecule has 1 aromatic heterocycles. The Morgan fingerprint density at radius 3 is 1.96 bits per heavy atom. The highest BCUT2D eigenvalue weighted by Gasteiger charge is 2.37. The zero-order valence-electron chi connectivity index (χ0n) is 11.5. The van der Waals surface area contributed by atoms with Crippen LogP contribution in [0.2, 0.25) is 0 Å². The number of hydrogen-bond donors (Lipinski definition) is 1. The molecule has 0 saturated heterocycles. The van der Waals surface area contributed by atoms with Gasteiger partial charge in [0, 0.05) is 5.56 Å². The summed E-state index contributed by atoms with van der Waals surface area (Å²) < 4.78 is 77.3. The first-order valence-electron chi connectivity index (χ1n) is 6.03. The molecule has 0 radical (unpaired) electrons. The van der Waals surface area contributed by atoms with Crippen LogP contribution >= 0.6 is 0 Å². The monoisotopic (exact) mass is 351 g/mol. The van der Waals surface area contributed by atoms with E-state index >= 15 is 0 Å². The predicted molar refractivity (Wildman–Crippen MR) is 68.4 cm³/mol. The van der Waals surface area contributed by atoms with Crippen molar-refractivity contribution in [3.63, 3.8) is 0 Å². The molecule has 0 aliphatic carbocycles. The van der Waals surface area contributed by atoms with Gasteiger partial charge in [-0.05, 0) is 18.2 Å². The Morgan fingerprint density at radius 2 is 1.54 bits per heavy atom. The average Bonchev–Trinajstić information content (AvgIpc) is 2.93. The Morgan fingerprint density at radius 1 is 1.04 bits per heavy atom. The molecule has 0 aliphatic heterocycles. The highest BCUT2D eigenvalue weighted by molar-refractivity contribution is 6.07. The topological polar surface area (TPSA) is 68.0 Å². The summed E-state index contributed by atoms with van der Waals surface area (Å²) in [5.41, 5.74) is -4.19. The normalized spacial score (nSPS) is 12.2. The van der Waals surface area contributed by atoms with Crippen molar-refractivity contribution in [3.8, 4) is 11.4 Å². The summed E-state index contributed by atoms with van der Waals surface area (Å²) >= 11 is 0. The summed E-state index contributed by atoms with van der Waals surface area (Å²) in [7, 11) is 0. The van der Waals surface area contributed by atoms with E-state index in [0.29, 0.717) is 16.8 Å². The molecule has 0 spiro atoms. The van der Waals surface area contributed by atoms with E-state index < -0.39 is 46.5 Å². The van der Waals surface area contributed by atoms with Crippen LogP contribution in [-0.2, 0) is 17.1 Å². The molecular formula is C13H7F6N3O2. The molecule has 0 amide bonds. The first-order valence-corrected chi connectivity index (χ1v) is 6.03. The van der Waals surface area contributed by atoms with Crippen molar-refractivity contribution in [1.82, 2.24) is 14.8 Å². The molecule has 0 atom stereocenters. The lowest BCUT2D eigenvalue weighted by Gasteiger charge is -2.13. The zero-order valence-corrected chi connectivity index (χ0v) is 11.5. The predicted octanol–water partition coefficient (Wildman–Crippen LogP) is 3.54. The number of halogens is 6. The van der Waals surface area contributed by atoms with Crippen LogP contribution in [0.1, 0.15) is 11.1 Å². The Bertz CT molecular complexity index is 775. The largest absolute Gasteiger partial charge is 0.477 e. The van der Waals surface area contributed by atoms with Gasteiger partial charge in [-0.3, -0.25) is 0 Å². The molecule has 11 heteroatoms. The Labute approximate surface area is 129 Å². The van der Waals surface area contributed by atoms with Crippen molar-refractivity contribution in [3.05, 3.63) is 42.2 Å². The molecule has 1 heterocycles. The summed E-state index contributed by atoms with van der Waals surface area (Å²) in [4.78, 5) is 14.3. The summed E-state index contributed by atoms with van der Waals surface area (Å²) in [5.74, 6) is -1.99. The van der Waals surface area contributed by atoms with Gasteiger partial charge >= 0.3 is 18.3 Å². The van der Waals surface area contributed by atoms with Crippen molar-refractivity contribution in [1.29, 1.82) is 0 Å². The quantitative estimate of drug-likeness (QED) is 0.678. The fourth-order valence-electron chi connectivity index (χ4n) is 1.71. The van der Waals surface area contributed by atoms with Crippen molar-refractivity contribution < 1.29 is 36.2 Å². The van der Waals surface area contributed by atoms with Crippen LogP contribution in [0.15, 0.2) is 31.1 Å².